The van der Waals surface area contributed by atoms with Gasteiger partial charge in [-0.1, -0.05) is 18.2 Å². The van der Waals surface area contributed by atoms with Crippen LogP contribution in [-0.2, 0) is 11.3 Å². The maximum Gasteiger partial charge on any atom is 0.409 e. The molecule has 2 aromatic rings. The van der Waals surface area contributed by atoms with Crippen LogP contribution < -0.4 is 10.1 Å². The highest BCUT2D eigenvalue weighted by Crippen LogP contribution is 2.18. The normalized spacial score (nSPS) is 13.7. The summed E-state index contributed by atoms with van der Waals surface area (Å²) < 4.78 is 10.3. The van der Waals surface area contributed by atoms with Crippen LogP contribution in [0.15, 0.2) is 36.7 Å². The van der Waals surface area contributed by atoms with Crippen LogP contribution in [0, 0.1) is 0 Å². The molecule has 1 N–H and O–H groups in total. The Bertz CT molecular complexity index is 852. The van der Waals surface area contributed by atoms with Gasteiger partial charge in [-0.15, -0.1) is 0 Å². The number of hydrogen-bond acceptors (Lipinski definition) is 7. The van der Waals surface area contributed by atoms with Crippen LogP contribution in [-0.4, -0.2) is 71.7 Å². The van der Waals surface area contributed by atoms with Gasteiger partial charge in [-0.2, -0.15) is 0 Å². The first-order chi connectivity index (χ1) is 14.1. The Kier molecular flexibility index (Phi) is 6.83. The van der Waals surface area contributed by atoms with Gasteiger partial charge in [0.15, 0.2) is 0 Å². The number of nitrogens with one attached hydrogen (secondary N) is 1. The van der Waals surface area contributed by atoms with Gasteiger partial charge in [0.2, 0.25) is 0 Å². The molecule has 0 aliphatic carbocycles. The lowest BCUT2D eigenvalue weighted by Crippen LogP contribution is -2.50. The summed E-state index contributed by atoms with van der Waals surface area (Å²) >= 11 is 0. The van der Waals surface area contributed by atoms with Crippen LogP contribution in [0.5, 0.6) is 5.75 Å². The molecular weight excluding hydrogens is 374 g/mol. The summed E-state index contributed by atoms with van der Waals surface area (Å²) in [6, 6.07) is 9.33. The summed E-state index contributed by atoms with van der Waals surface area (Å²) in [7, 11) is 1.63. The van der Waals surface area contributed by atoms with Gasteiger partial charge in [0.25, 0.3) is 5.91 Å². The number of aromatic nitrogens is 2. The largest absolute Gasteiger partial charge is 0.496 e. The lowest BCUT2D eigenvalue weighted by Gasteiger charge is -2.33. The first-order valence-corrected chi connectivity index (χ1v) is 9.51. The van der Waals surface area contributed by atoms with Gasteiger partial charge in [-0.3, -0.25) is 4.79 Å². The monoisotopic (exact) mass is 399 g/mol. The Hall–Kier alpha value is -3.36. The molecule has 0 spiro atoms. The van der Waals surface area contributed by atoms with Crippen molar-refractivity contribution in [2.24, 2.45) is 0 Å². The van der Waals surface area contributed by atoms with Crippen molar-refractivity contribution in [3.05, 3.63) is 47.9 Å². The molecule has 0 saturated carbocycles. The fraction of sp³-hybridized carbons (Fsp3) is 0.400. The number of para-hydroxylation sites is 1. The lowest BCUT2D eigenvalue weighted by atomic mass is 10.2. The summed E-state index contributed by atoms with van der Waals surface area (Å²) in [5.74, 6) is 1.15. The Morgan fingerprint density at radius 1 is 1.10 bits per heavy atom. The molecule has 9 heteroatoms. The number of carbonyl (C=O) groups excluding carboxylic acids is 2. The third-order valence-electron chi connectivity index (χ3n) is 4.63. The molecule has 1 aromatic heterocycles. The molecule has 1 aromatic carbocycles. The first-order valence-electron chi connectivity index (χ1n) is 9.51. The number of anilines is 1. The zero-order chi connectivity index (χ0) is 20.6. The van der Waals surface area contributed by atoms with Crippen LogP contribution in [0.25, 0.3) is 0 Å². The molecule has 0 unspecified atom stereocenters. The van der Waals surface area contributed by atoms with E-state index in [4.69, 9.17) is 9.47 Å². The Morgan fingerprint density at radius 2 is 1.83 bits per heavy atom. The molecule has 1 aliphatic heterocycles. The summed E-state index contributed by atoms with van der Waals surface area (Å²) in [5.41, 5.74) is 1.30. The molecule has 154 valence electrons. The molecule has 2 heterocycles. The quantitative estimate of drug-likeness (QED) is 0.794. The van der Waals surface area contributed by atoms with Gasteiger partial charge in [0.05, 0.1) is 13.7 Å². The molecule has 1 aliphatic rings. The Balaban J connectivity index is 1.59. The average molecular weight is 399 g/mol. The smallest absolute Gasteiger partial charge is 0.409 e. The minimum atomic E-state index is -0.343. The number of ether oxygens (including phenoxy) is 2. The second-order valence-electron chi connectivity index (χ2n) is 6.43. The predicted molar refractivity (Wildman–Crippen MR) is 107 cm³/mol. The SMILES string of the molecule is CCOC(=O)N1CCN(C(=O)c2cc(NCc3ccccc3OC)ncn2)CC1. The fourth-order valence-corrected chi connectivity index (χ4v) is 3.07. The minimum absolute atomic E-state index is 0.184. The zero-order valence-electron chi connectivity index (χ0n) is 16.6. The Morgan fingerprint density at radius 3 is 2.55 bits per heavy atom. The van der Waals surface area contributed by atoms with Crippen LogP contribution in [0.4, 0.5) is 10.6 Å². The molecule has 3 rings (SSSR count). The average Bonchev–Trinajstić information content (AvgIpc) is 2.78. The van der Waals surface area contributed by atoms with Crippen molar-refractivity contribution in [2.45, 2.75) is 13.5 Å². The number of amides is 2. The standard InChI is InChI=1S/C20H25N5O4/c1-3-29-20(27)25-10-8-24(9-11-25)19(26)16-12-18(23-14-22-16)21-13-15-6-4-5-7-17(15)28-2/h4-7,12,14H,3,8-11,13H2,1-2H3,(H,21,22,23). The van der Waals surface area contributed by atoms with Gasteiger partial charge in [0.1, 0.15) is 23.6 Å². The van der Waals surface area contributed by atoms with E-state index in [1.807, 2.05) is 24.3 Å². The van der Waals surface area contributed by atoms with Crippen molar-refractivity contribution in [3.8, 4) is 5.75 Å². The molecule has 0 bridgehead atoms. The van der Waals surface area contributed by atoms with Gasteiger partial charge in [-0.05, 0) is 13.0 Å². The second kappa shape index (κ2) is 9.72. The van der Waals surface area contributed by atoms with Gasteiger partial charge < -0.3 is 24.6 Å². The highest BCUT2D eigenvalue weighted by molar-refractivity contribution is 5.93. The summed E-state index contributed by atoms with van der Waals surface area (Å²) in [6.45, 7) is 4.36. The topological polar surface area (TPSA) is 96.9 Å². The van der Waals surface area contributed by atoms with E-state index < -0.39 is 0 Å². The van der Waals surface area contributed by atoms with Gasteiger partial charge in [-0.25, -0.2) is 14.8 Å². The van der Waals surface area contributed by atoms with Crippen molar-refractivity contribution in [3.63, 3.8) is 0 Å². The fourth-order valence-electron chi connectivity index (χ4n) is 3.07. The van der Waals surface area contributed by atoms with E-state index in [0.29, 0.717) is 50.8 Å². The minimum Gasteiger partial charge on any atom is -0.496 e. The predicted octanol–water partition coefficient (Wildman–Crippen LogP) is 2.01. The van der Waals surface area contributed by atoms with E-state index in [9.17, 15) is 9.59 Å². The molecule has 0 radical (unpaired) electrons. The number of piperazine rings is 1. The van der Waals surface area contributed by atoms with Crippen molar-refractivity contribution in [1.29, 1.82) is 0 Å². The van der Waals surface area contributed by atoms with Gasteiger partial charge >= 0.3 is 6.09 Å². The lowest BCUT2D eigenvalue weighted by molar-refractivity contribution is 0.0566. The number of methoxy groups -OCH3 is 1. The van der Waals surface area contributed by atoms with E-state index in [2.05, 4.69) is 15.3 Å². The third kappa shape index (κ3) is 5.13. The number of carbonyl (C=O) groups is 2. The van der Waals surface area contributed by atoms with E-state index in [0.717, 1.165) is 11.3 Å². The molecule has 1 fully saturated rings. The number of nitrogens with zero attached hydrogens (tertiary/aromatic N) is 4. The zero-order valence-corrected chi connectivity index (χ0v) is 16.6. The van der Waals surface area contributed by atoms with Crippen LogP contribution in [0.1, 0.15) is 23.0 Å². The maximum atomic E-state index is 12.8. The Labute approximate surface area is 169 Å². The van der Waals surface area contributed by atoms with E-state index in [-0.39, 0.29) is 12.0 Å². The highest BCUT2D eigenvalue weighted by Gasteiger charge is 2.26. The maximum absolute atomic E-state index is 12.8. The number of benzene rings is 1. The third-order valence-corrected chi connectivity index (χ3v) is 4.63. The highest BCUT2D eigenvalue weighted by atomic mass is 16.6. The van der Waals surface area contributed by atoms with Crippen LogP contribution in [0.2, 0.25) is 0 Å². The number of rotatable bonds is 6. The van der Waals surface area contributed by atoms with Crippen molar-refractivity contribution in [1.82, 2.24) is 19.8 Å². The van der Waals surface area contributed by atoms with E-state index in [1.165, 1.54) is 6.33 Å². The van der Waals surface area contributed by atoms with E-state index >= 15 is 0 Å². The van der Waals surface area contributed by atoms with Gasteiger partial charge in [0, 0.05) is 44.4 Å². The number of hydrogen-bond donors (Lipinski definition) is 1. The summed E-state index contributed by atoms with van der Waals surface area (Å²) in [4.78, 5) is 36.2. The van der Waals surface area contributed by atoms with Crippen molar-refractivity contribution < 1.29 is 19.1 Å². The van der Waals surface area contributed by atoms with Crippen LogP contribution in [0.3, 0.4) is 0 Å². The van der Waals surface area contributed by atoms with Crippen molar-refractivity contribution >= 4 is 17.8 Å². The molecule has 29 heavy (non-hydrogen) atoms. The summed E-state index contributed by atoms with van der Waals surface area (Å²) in [5, 5.41) is 3.20. The second-order valence-corrected chi connectivity index (χ2v) is 6.43. The molecule has 9 nitrogen and oxygen atoms in total. The molecule has 1 saturated heterocycles. The molecular formula is C20H25N5O4. The summed E-state index contributed by atoms with van der Waals surface area (Å²) in [6.07, 6.45) is 1.02. The first kappa shape index (κ1) is 20.4. The molecule has 2 amide bonds. The van der Waals surface area contributed by atoms with Crippen LogP contribution >= 0.6 is 0 Å². The van der Waals surface area contributed by atoms with Crippen molar-refractivity contribution in [2.75, 3.05) is 45.2 Å². The molecule has 0 atom stereocenters. The van der Waals surface area contributed by atoms with E-state index in [1.54, 1.807) is 29.9 Å².